The number of fused-ring (bicyclic) bond motifs is 1. The van der Waals surface area contributed by atoms with Crippen molar-refractivity contribution in [1.29, 1.82) is 0 Å². The Balaban J connectivity index is 1.58. The van der Waals surface area contributed by atoms with E-state index in [2.05, 4.69) is 12.1 Å². The highest BCUT2D eigenvalue weighted by atomic mass is 16.5. The topological polar surface area (TPSA) is 26.3 Å². The largest absolute Gasteiger partial charge is 0.427 e. The second-order valence-corrected chi connectivity index (χ2v) is 6.32. The molecule has 1 aromatic carbocycles. The zero-order chi connectivity index (χ0) is 13.8. The Morgan fingerprint density at radius 1 is 1.00 bits per heavy atom. The van der Waals surface area contributed by atoms with Crippen LogP contribution in [0.3, 0.4) is 0 Å². The summed E-state index contributed by atoms with van der Waals surface area (Å²) in [6, 6.07) is 6.17. The fraction of sp³-hybridized carbons (Fsp3) is 0.611. The average molecular weight is 272 g/mol. The molecule has 0 heterocycles. The van der Waals surface area contributed by atoms with E-state index in [0.717, 1.165) is 12.2 Å². The maximum atomic E-state index is 12.0. The third-order valence-corrected chi connectivity index (χ3v) is 4.73. The van der Waals surface area contributed by atoms with E-state index in [1.165, 1.54) is 62.5 Å². The Hall–Kier alpha value is -1.31. The number of ether oxygens (including phenoxy) is 1. The first-order valence-corrected chi connectivity index (χ1v) is 8.14. The van der Waals surface area contributed by atoms with Gasteiger partial charge in [-0.3, -0.25) is 4.79 Å². The molecule has 0 bridgehead atoms. The fourth-order valence-corrected chi connectivity index (χ4v) is 3.57. The van der Waals surface area contributed by atoms with Crippen LogP contribution in [0.2, 0.25) is 0 Å². The molecule has 0 saturated heterocycles. The van der Waals surface area contributed by atoms with Gasteiger partial charge in [0.15, 0.2) is 0 Å². The van der Waals surface area contributed by atoms with E-state index >= 15 is 0 Å². The number of aryl methyl sites for hydroxylation is 2. The second-order valence-electron chi connectivity index (χ2n) is 6.32. The minimum atomic E-state index is -0.0485. The van der Waals surface area contributed by atoms with Crippen LogP contribution in [0.25, 0.3) is 0 Å². The summed E-state index contributed by atoms with van der Waals surface area (Å²) in [5.41, 5.74) is 2.81. The van der Waals surface area contributed by atoms with Gasteiger partial charge in [0.2, 0.25) is 0 Å². The maximum absolute atomic E-state index is 12.0. The van der Waals surface area contributed by atoms with Gasteiger partial charge in [0.25, 0.3) is 0 Å². The molecule has 1 saturated carbocycles. The van der Waals surface area contributed by atoms with Crippen molar-refractivity contribution in [2.45, 2.75) is 64.2 Å². The second kappa shape index (κ2) is 6.43. The van der Waals surface area contributed by atoms with Crippen LogP contribution in [0, 0.1) is 5.92 Å². The summed E-state index contributed by atoms with van der Waals surface area (Å²) < 4.78 is 5.54. The summed E-state index contributed by atoms with van der Waals surface area (Å²) >= 11 is 0. The van der Waals surface area contributed by atoms with Gasteiger partial charge in [-0.25, -0.2) is 0 Å². The third-order valence-electron chi connectivity index (χ3n) is 4.73. The van der Waals surface area contributed by atoms with E-state index in [9.17, 15) is 4.79 Å². The number of carbonyl (C=O) groups is 1. The Kier molecular flexibility index (Phi) is 4.39. The summed E-state index contributed by atoms with van der Waals surface area (Å²) in [6.07, 6.45) is 11.7. The summed E-state index contributed by atoms with van der Waals surface area (Å²) in [4.78, 5) is 12.0. The average Bonchev–Trinajstić information content (AvgIpc) is 2.48. The van der Waals surface area contributed by atoms with Crippen molar-refractivity contribution in [2.24, 2.45) is 5.92 Å². The number of esters is 1. The first kappa shape index (κ1) is 13.7. The fourth-order valence-electron chi connectivity index (χ4n) is 3.57. The van der Waals surface area contributed by atoms with Crippen molar-refractivity contribution in [3.8, 4) is 5.75 Å². The van der Waals surface area contributed by atoms with E-state index in [4.69, 9.17) is 4.74 Å². The van der Waals surface area contributed by atoms with Gasteiger partial charge < -0.3 is 4.74 Å². The molecule has 2 heteroatoms. The van der Waals surface area contributed by atoms with Crippen LogP contribution in [0.1, 0.15) is 62.5 Å². The van der Waals surface area contributed by atoms with Gasteiger partial charge in [-0.1, -0.05) is 25.3 Å². The normalized spacial score (nSPS) is 19.4. The predicted molar refractivity (Wildman–Crippen MR) is 79.9 cm³/mol. The third kappa shape index (κ3) is 3.41. The molecular weight excluding hydrogens is 248 g/mol. The summed E-state index contributed by atoms with van der Waals surface area (Å²) in [5.74, 6) is 1.24. The summed E-state index contributed by atoms with van der Waals surface area (Å²) in [5, 5.41) is 0. The lowest BCUT2D eigenvalue weighted by molar-refractivity contribution is -0.135. The van der Waals surface area contributed by atoms with Gasteiger partial charge in [-0.05, 0) is 67.7 Å². The van der Waals surface area contributed by atoms with Gasteiger partial charge in [-0.2, -0.15) is 0 Å². The minimum absolute atomic E-state index is 0.0485. The van der Waals surface area contributed by atoms with Gasteiger partial charge in [-0.15, -0.1) is 0 Å². The van der Waals surface area contributed by atoms with E-state index in [0.29, 0.717) is 12.3 Å². The highest BCUT2D eigenvalue weighted by Crippen LogP contribution is 2.28. The highest BCUT2D eigenvalue weighted by molar-refractivity contribution is 5.72. The standard InChI is InChI=1S/C18H24O2/c19-18(12-14-6-2-1-3-7-14)20-17-11-10-15-8-4-5-9-16(15)13-17/h10-11,13-14H,1-9,12H2. The number of carbonyl (C=O) groups excluding carboxylic acids is 1. The molecule has 2 aliphatic carbocycles. The Labute approximate surface area is 121 Å². The molecule has 0 aliphatic heterocycles. The lowest BCUT2D eigenvalue weighted by Gasteiger charge is -2.20. The molecule has 0 aromatic heterocycles. The molecule has 0 radical (unpaired) electrons. The van der Waals surface area contributed by atoms with E-state index in [-0.39, 0.29) is 5.97 Å². The number of hydrogen-bond donors (Lipinski definition) is 0. The quantitative estimate of drug-likeness (QED) is 0.600. The first-order valence-electron chi connectivity index (χ1n) is 8.14. The zero-order valence-corrected chi connectivity index (χ0v) is 12.2. The Morgan fingerprint density at radius 2 is 1.75 bits per heavy atom. The highest BCUT2D eigenvalue weighted by Gasteiger charge is 2.18. The first-order chi connectivity index (χ1) is 9.81. The van der Waals surface area contributed by atoms with Crippen molar-refractivity contribution >= 4 is 5.97 Å². The van der Waals surface area contributed by atoms with Gasteiger partial charge in [0.1, 0.15) is 5.75 Å². The lowest BCUT2D eigenvalue weighted by Crippen LogP contribution is -2.16. The molecular formula is C18H24O2. The molecule has 1 aromatic rings. The molecule has 3 rings (SSSR count). The van der Waals surface area contributed by atoms with E-state index < -0.39 is 0 Å². The Morgan fingerprint density at radius 3 is 2.55 bits per heavy atom. The minimum Gasteiger partial charge on any atom is -0.427 e. The van der Waals surface area contributed by atoms with E-state index in [1.807, 2.05) is 6.07 Å². The number of benzene rings is 1. The van der Waals surface area contributed by atoms with Crippen LogP contribution < -0.4 is 4.74 Å². The lowest BCUT2D eigenvalue weighted by atomic mass is 9.87. The van der Waals surface area contributed by atoms with Crippen LogP contribution in [0.4, 0.5) is 0 Å². The molecule has 0 N–H and O–H groups in total. The van der Waals surface area contributed by atoms with Gasteiger partial charge >= 0.3 is 5.97 Å². The van der Waals surface area contributed by atoms with Crippen LogP contribution in [-0.2, 0) is 17.6 Å². The van der Waals surface area contributed by atoms with Crippen molar-refractivity contribution < 1.29 is 9.53 Å². The smallest absolute Gasteiger partial charge is 0.311 e. The molecule has 1 fully saturated rings. The molecule has 0 spiro atoms. The molecule has 2 nitrogen and oxygen atoms in total. The van der Waals surface area contributed by atoms with Crippen molar-refractivity contribution in [2.75, 3.05) is 0 Å². The summed E-state index contributed by atoms with van der Waals surface area (Å²) in [7, 11) is 0. The monoisotopic (exact) mass is 272 g/mol. The van der Waals surface area contributed by atoms with Gasteiger partial charge in [0, 0.05) is 6.42 Å². The van der Waals surface area contributed by atoms with Crippen LogP contribution >= 0.6 is 0 Å². The van der Waals surface area contributed by atoms with Crippen molar-refractivity contribution in [1.82, 2.24) is 0 Å². The molecule has 20 heavy (non-hydrogen) atoms. The molecule has 2 aliphatic rings. The van der Waals surface area contributed by atoms with Crippen LogP contribution in [0.5, 0.6) is 5.75 Å². The molecule has 108 valence electrons. The molecule has 0 amide bonds. The van der Waals surface area contributed by atoms with Crippen molar-refractivity contribution in [3.63, 3.8) is 0 Å². The van der Waals surface area contributed by atoms with E-state index in [1.54, 1.807) is 0 Å². The van der Waals surface area contributed by atoms with Crippen molar-refractivity contribution in [3.05, 3.63) is 29.3 Å². The number of rotatable bonds is 3. The molecule has 0 unspecified atom stereocenters. The van der Waals surface area contributed by atoms with Crippen LogP contribution in [-0.4, -0.2) is 5.97 Å². The predicted octanol–water partition coefficient (Wildman–Crippen LogP) is 4.44. The zero-order valence-electron chi connectivity index (χ0n) is 12.2. The van der Waals surface area contributed by atoms with Crippen LogP contribution in [0.15, 0.2) is 18.2 Å². The maximum Gasteiger partial charge on any atom is 0.311 e. The number of hydrogen-bond acceptors (Lipinski definition) is 2. The molecule has 0 atom stereocenters. The SMILES string of the molecule is O=C(CC1CCCCC1)Oc1ccc2c(c1)CCCC2. The van der Waals surface area contributed by atoms with Gasteiger partial charge in [0.05, 0.1) is 0 Å². The summed E-state index contributed by atoms with van der Waals surface area (Å²) in [6.45, 7) is 0. The Bertz CT molecular complexity index is 472.